The molecule has 11 heteroatoms. The molecule has 2 aliphatic heterocycles. The number of anilines is 3. The fraction of sp³-hybridized carbons (Fsp3) is 0.314. The van der Waals surface area contributed by atoms with Crippen LogP contribution in [0.3, 0.4) is 0 Å². The van der Waals surface area contributed by atoms with Crippen molar-refractivity contribution in [3.8, 4) is 6.07 Å². The molecule has 2 aliphatic rings. The summed E-state index contributed by atoms with van der Waals surface area (Å²) in [4.78, 5) is 7.02. The Morgan fingerprint density at radius 1 is 1.04 bits per heavy atom. The molecule has 6 rings (SSSR count). The van der Waals surface area contributed by atoms with Crippen molar-refractivity contribution in [1.82, 2.24) is 25.9 Å². The lowest BCUT2D eigenvalue weighted by molar-refractivity contribution is 0.0570. The van der Waals surface area contributed by atoms with E-state index in [4.69, 9.17) is 23.2 Å². The van der Waals surface area contributed by atoms with Crippen LogP contribution in [0, 0.1) is 24.1 Å². The molecule has 4 N–H and O–H groups in total. The molecule has 4 aromatic rings. The molecule has 0 unspecified atom stereocenters. The molecule has 1 atom stereocenters. The first-order valence-electron chi connectivity index (χ1n) is 15.3. The highest BCUT2D eigenvalue weighted by atomic mass is 35.5. The Kier molecular flexibility index (Phi) is 8.99. The van der Waals surface area contributed by atoms with Crippen LogP contribution >= 0.6 is 23.2 Å². The molecular weight excluding hydrogens is 622 g/mol. The molecule has 1 saturated heterocycles. The van der Waals surface area contributed by atoms with Crippen LogP contribution in [-0.2, 0) is 0 Å². The van der Waals surface area contributed by atoms with Gasteiger partial charge < -0.3 is 16.1 Å². The van der Waals surface area contributed by atoms with Crippen LogP contribution < -0.4 is 21.6 Å². The number of nitrogens with zero attached hydrogens (tertiary/aromatic N) is 4. The van der Waals surface area contributed by atoms with Crippen LogP contribution in [0.2, 0.25) is 10.0 Å². The number of nitrogens with one attached hydrogen (secondary N) is 4. The van der Waals surface area contributed by atoms with E-state index in [0.29, 0.717) is 38.9 Å². The molecule has 0 amide bonds. The number of aryl methyl sites for hydroxylation is 1. The summed E-state index contributed by atoms with van der Waals surface area (Å²) in [6.45, 7) is 11.0. The molecule has 0 saturated carbocycles. The predicted octanol–water partition coefficient (Wildman–Crippen LogP) is 8.19. The molecule has 238 valence electrons. The van der Waals surface area contributed by atoms with Gasteiger partial charge in [-0.3, -0.25) is 14.9 Å². The molecule has 3 aromatic carbocycles. The van der Waals surface area contributed by atoms with Crippen molar-refractivity contribution in [2.75, 3.05) is 23.7 Å². The zero-order valence-corrected chi connectivity index (χ0v) is 27.8. The Bertz CT molecular complexity index is 1840. The van der Waals surface area contributed by atoms with Gasteiger partial charge in [0.15, 0.2) is 0 Å². The number of halogens is 3. The fourth-order valence-corrected chi connectivity index (χ4v) is 6.59. The third-order valence-corrected chi connectivity index (χ3v) is 9.22. The Morgan fingerprint density at radius 2 is 1.80 bits per heavy atom. The summed E-state index contributed by atoms with van der Waals surface area (Å²) in [5.74, 6) is -0.526. The average molecular weight is 660 g/mol. The Hall–Kier alpha value is -4.07. The zero-order valence-electron chi connectivity index (χ0n) is 26.3. The molecule has 1 aromatic heterocycles. The highest BCUT2D eigenvalue weighted by molar-refractivity contribution is 6.36. The zero-order chi connectivity index (χ0) is 32.6. The SMILES string of the molecule is Cc1cccc([C@H](Nc2cc(Cl)c3ncc(C#N)c(Nc4ccc(F)c(Cl)c4)c3c2)C2=CN(C3CCN(C(C)(C)C)CC3)NN2)c1. The summed E-state index contributed by atoms with van der Waals surface area (Å²) in [6, 6.07) is 18.8. The van der Waals surface area contributed by atoms with Gasteiger partial charge in [-0.1, -0.05) is 53.0 Å². The maximum atomic E-state index is 13.9. The van der Waals surface area contributed by atoms with Crippen molar-refractivity contribution in [2.24, 2.45) is 0 Å². The maximum absolute atomic E-state index is 13.9. The number of fused-ring (bicyclic) bond motifs is 1. The molecule has 46 heavy (non-hydrogen) atoms. The van der Waals surface area contributed by atoms with Gasteiger partial charge in [-0.25, -0.2) is 4.39 Å². The van der Waals surface area contributed by atoms with E-state index in [9.17, 15) is 9.65 Å². The number of hydrogen-bond donors (Lipinski definition) is 4. The second-order valence-electron chi connectivity index (χ2n) is 12.9. The van der Waals surface area contributed by atoms with Gasteiger partial charge in [-0.05, 0) is 76.4 Å². The lowest BCUT2D eigenvalue weighted by atomic mass is 9.97. The normalized spacial score (nSPS) is 16.6. The van der Waals surface area contributed by atoms with Gasteiger partial charge >= 0.3 is 0 Å². The quantitative estimate of drug-likeness (QED) is 0.158. The number of nitriles is 1. The van der Waals surface area contributed by atoms with E-state index in [-0.39, 0.29) is 16.6 Å². The number of aromatic nitrogens is 1. The average Bonchev–Trinajstić information content (AvgIpc) is 3.52. The maximum Gasteiger partial charge on any atom is 0.141 e. The van der Waals surface area contributed by atoms with Crippen molar-refractivity contribution < 1.29 is 4.39 Å². The first kappa shape index (κ1) is 31.9. The first-order chi connectivity index (χ1) is 22.0. The van der Waals surface area contributed by atoms with Gasteiger partial charge in [0.1, 0.15) is 11.9 Å². The Balaban J connectivity index is 1.34. The molecular formula is C35H37Cl2FN8. The molecule has 3 heterocycles. The lowest BCUT2D eigenvalue weighted by Crippen LogP contribution is -2.52. The smallest absolute Gasteiger partial charge is 0.141 e. The van der Waals surface area contributed by atoms with E-state index in [1.165, 1.54) is 18.3 Å². The number of piperidine rings is 1. The second kappa shape index (κ2) is 13.0. The van der Waals surface area contributed by atoms with Crippen LogP contribution in [0.4, 0.5) is 21.5 Å². The number of hydrazine groups is 2. The minimum Gasteiger partial charge on any atom is -0.373 e. The van der Waals surface area contributed by atoms with Crippen LogP contribution in [-0.4, -0.2) is 39.6 Å². The topological polar surface area (TPSA) is 91.3 Å². The fourth-order valence-electron chi connectivity index (χ4n) is 6.14. The largest absolute Gasteiger partial charge is 0.373 e. The summed E-state index contributed by atoms with van der Waals surface area (Å²) in [7, 11) is 0. The van der Waals surface area contributed by atoms with Crippen LogP contribution in [0.5, 0.6) is 0 Å². The monoisotopic (exact) mass is 658 g/mol. The number of hydrogen-bond acceptors (Lipinski definition) is 8. The van der Waals surface area contributed by atoms with Crippen molar-refractivity contribution in [2.45, 2.75) is 58.2 Å². The van der Waals surface area contributed by atoms with Crippen molar-refractivity contribution in [3.05, 3.63) is 105 Å². The minimum absolute atomic E-state index is 0.0250. The Labute approximate surface area is 279 Å². The van der Waals surface area contributed by atoms with E-state index in [0.717, 1.165) is 48.4 Å². The molecule has 0 bridgehead atoms. The number of rotatable bonds is 7. The summed E-state index contributed by atoms with van der Waals surface area (Å²) >= 11 is 12.9. The minimum atomic E-state index is -0.526. The highest BCUT2D eigenvalue weighted by Crippen LogP contribution is 2.37. The molecule has 0 spiro atoms. The molecule has 0 radical (unpaired) electrons. The van der Waals surface area contributed by atoms with E-state index in [2.05, 4.69) is 101 Å². The van der Waals surface area contributed by atoms with E-state index in [1.807, 2.05) is 12.1 Å². The summed E-state index contributed by atoms with van der Waals surface area (Å²) in [5, 5.41) is 20.1. The molecule has 0 aliphatic carbocycles. The van der Waals surface area contributed by atoms with Crippen LogP contribution in [0.1, 0.15) is 56.3 Å². The second-order valence-corrected chi connectivity index (χ2v) is 13.7. The van der Waals surface area contributed by atoms with Crippen molar-refractivity contribution in [3.63, 3.8) is 0 Å². The molecule has 1 fully saturated rings. The van der Waals surface area contributed by atoms with E-state index >= 15 is 0 Å². The van der Waals surface area contributed by atoms with Gasteiger partial charge in [-0.15, -0.1) is 5.53 Å². The van der Waals surface area contributed by atoms with Gasteiger partial charge in [0, 0.05) is 53.8 Å². The number of pyridine rings is 1. The summed E-state index contributed by atoms with van der Waals surface area (Å²) < 4.78 is 13.9. The summed E-state index contributed by atoms with van der Waals surface area (Å²) in [5.41, 5.74) is 12.8. The van der Waals surface area contributed by atoms with Crippen molar-refractivity contribution in [1.29, 1.82) is 5.26 Å². The first-order valence-corrected chi connectivity index (χ1v) is 16.1. The predicted molar refractivity (Wildman–Crippen MR) is 184 cm³/mol. The lowest BCUT2D eigenvalue weighted by Gasteiger charge is -2.42. The van der Waals surface area contributed by atoms with Gasteiger partial charge in [0.2, 0.25) is 0 Å². The number of likely N-dealkylation sites (tertiary alicyclic amines) is 1. The number of benzene rings is 3. The third-order valence-electron chi connectivity index (χ3n) is 8.65. The highest BCUT2D eigenvalue weighted by Gasteiger charge is 2.32. The standard InChI is InChI=1S/C35H37Cl2FN8/c1-21-6-5-7-22(14-21)33(31-20-46(44-43-31)26-10-12-45(13-11-26)35(2,3)4)42-25-15-27-32(41-24-8-9-30(38)28(36)16-24)23(18-39)19-40-34(27)29(37)17-25/h5-9,14-17,19-20,26,33,42-44H,10-13H2,1-4H3,(H,40,41)/t33-/m0/s1. The van der Waals surface area contributed by atoms with E-state index < -0.39 is 5.82 Å². The van der Waals surface area contributed by atoms with Gasteiger partial charge in [0.25, 0.3) is 0 Å². The van der Waals surface area contributed by atoms with Crippen molar-refractivity contribution >= 4 is 51.2 Å². The molecule has 8 nitrogen and oxygen atoms in total. The Morgan fingerprint density at radius 3 is 2.50 bits per heavy atom. The van der Waals surface area contributed by atoms with E-state index in [1.54, 1.807) is 6.07 Å². The van der Waals surface area contributed by atoms with Gasteiger partial charge in [0.05, 0.1) is 38.6 Å². The summed E-state index contributed by atoms with van der Waals surface area (Å²) in [6.07, 6.45) is 5.74. The van der Waals surface area contributed by atoms with Crippen LogP contribution in [0.15, 0.2) is 72.7 Å². The van der Waals surface area contributed by atoms with Crippen LogP contribution in [0.25, 0.3) is 10.9 Å². The third kappa shape index (κ3) is 6.72. The van der Waals surface area contributed by atoms with Gasteiger partial charge in [-0.2, -0.15) is 5.26 Å².